The van der Waals surface area contributed by atoms with Crippen LogP contribution >= 0.6 is 22.9 Å². The van der Waals surface area contributed by atoms with Gasteiger partial charge in [0.2, 0.25) is 0 Å². The Morgan fingerprint density at radius 1 is 1.62 bits per heavy atom. The minimum absolute atomic E-state index is 0.371. The van der Waals surface area contributed by atoms with Gasteiger partial charge in [0, 0.05) is 30.6 Å². The Bertz CT molecular complexity index is 287. The smallest absolute Gasteiger partial charge is 0.0931 e. The van der Waals surface area contributed by atoms with Crippen LogP contribution in [0.3, 0.4) is 0 Å². The Hall–Kier alpha value is -0.0900. The maximum Gasteiger partial charge on any atom is 0.0931 e. The molecule has 1 fully saturated rings. The first-order valence-corrected chi connectivity index (χ1v) is 5.65. The van der Waals surface area contributed by atoms with Crippen LogP contribution in [-0.4, -0.2) is 24.0 Å². The van der Waals surface area contributed by atoms with E-state index in [9.17, 15) is 0 Å². The Morgan fingerprint density at radius 3 is 3.00 bits per heavy atom. The molecule has 2 heterocycles. The van der Waals surface area contributed by atoms with Crippen molar-refractivity contribution in [3.05, 3.63) is 21.3 Å². The first-order chi connectivity index (χ1) is 6.24. The summed E-state index contributed by atoms with van der Waals surface area (Å²) in [7, 11) is 0. The molecule has 2 N–H and O–H groups in total. The Kier molecular flexibility index (Phi) is 2.89. The summed E-state index contributed by atoms with van der Waals surface area (Å²) in [6.07, 6.45) is 1.12. The predicted octanol–water partition coefficient (Wildman–Crippen LogP) is 1.93. The van der Waals surface area contributed by atoms with Crippen molar-refractivity contribution in [2.75, 3.05) is 13.1 Å². The van der Waals surface area contributed by atoms with Gasteiger partial charge in [0.25, 0.3) is 0 Å². The van der Waals surface area contributed by atoms with Crippen molar-refractivity contribution in [1.29, 1.82) is 0 Å². The molecule has 1 aromatic rings. The fourth-order valence-corrected chi connectivity index (χ4v) is 2.79. The highest BCUT2D eigenvalue weighted by Crippen LogP contribution is 2.23. The summed E-state index contributed by atoms with van der Waals surface area (Å²) in [5, 5.41) is 0. The van der Waals surface area contributed by atoms with Gasteiger partial charge in [0.05, 0.1) is 4.34 Å². The van der Waals surface area contributed by atoms with Gasteiger partial charge >= 0.3 is 0 Å². The van der Waals surface area contributed by atoms with E-state index < -0.39 is 0 Å². The maximum absolute atomic E-state index is 5.85. The van der Waals surface area contributed by atoms with Gasteiger partial charge in [0.15, 0.2) is 0 Å². The second-order valence-corrected chi connectivity index (χ2v) is 5.29. The van der Waals surface area contributed by atoms with Crippen LogP contribution in [-0.2, 0) is 6.54 Å². The largest absolute Gasteiger partial charge is 0.326 e. The minimum Gasteiger partial charge on any atom is -0.326 e. The molecule has 0 aromatic carbocycles. The van der Waals surface area contributed by atoms with Gasteiger partial charge in [-0.1, -0.05) is 11.6 Å². The molecule has 0 spiro atoms. The van der Waals surface area contributed by atoms with Crippen molar-refractivity contribution in [2.45, 2.75) is 19.0 Å². The van der Waals surface area contributed by atoms with Crippen LogP contribution in [0.25, 0.3) is 0 Å². The van der Waals surface area contributed by atoms with Crippen molar-refractivity contribution >= 4 is 22.9 Å². The topological polar surface area (TPSA) is 29.3 Å². The number of rotatable bonds is 2. The Morgan fingerprint density at radius 2 is 2.46 bits per heavy atom. The van der Waals surface area contributed by atoms with E-state index in [4.69, 9.17) is 17.3 Å². The summed E-state index contributed by atoms with van der Waals surface area (Å²) in [6.45, 7) is 3.15. The van der Waals surface area contributed by atoms with Gasteiger partial charge < -0.3 is 5.73 Å². The van der Waals surface area contributed by atoms with Crippen LogP contribution in [0.1, 0.15) is 11.3 Å². The molecule has 1 aliphatic heterocycles. The number of hydrogen-bond acceptors (Lipinski definition) is 3. The van der Waals surface area contributed by atoms with Crippen molar-refractivity contribution in [3.63, 3.8) is 0 Å². The highest BCUT2D eigenvalue weighted by atomic mass is 35.5. The molecule has 0 saturated carbocycles. The third-order valence-electron chi connectivity index (χ3n) is 2.32. The van der Waals surface area contributed by atoms with E-state index in [0.717, 1.165) is 30.4 Å². The number of halogens is 1. The fourth-order valence-electron chi connectivity index (χ4n) is 1.66. The molecule has 1 atom stereocenters. The summed E-state index contributed by atoms with van der Waals surface area (Å²) in [4.78, 5) is 3.71. The third kappa shape index (κ3) is 2.44. The lowest BCUT2D eigenvalue weighted by molar-refractivity contribution is 0.330. The normalized spacial score (nSPS) is 24.0. The molecule has 0 amide bonds. The molecular formula is C9H13ClN2S. The first kappa shape index (κ1) is 9.46. The number of nitrogens with zero attached hydrogens (tertiary/aromatic N) is 1. The van der Waals surface area contributed by atoms with Crippen LogP contribution in [0.5, 0.6) is 0 Å². The summed E-state index contributed by atoms with van der Waals surface area (Å²) in [5.41, 5.74) is 5.82. The molecule has 0 radical (unpaired) electrons. The fraction of sp³-hybridized carbons (Fsp3) is 0.556. The molecule has 4 heteroatoms. The number of nitrogens with two attached hydrogens (primary N) is 1. The summed E-state index contributed by atoms with van der Waals surface area (Å²) < 4.78 is 0.874. The zero-order valence-corrected chi connectivity index (χ0v) is 8.94. The number of hydrogen-bond donors (Lipinski definition) is 1. The number of likely N-dealkylation sites (tertiary alicyclic amines) is 1. The van der Waals surface area contributed by atoms with E-state index >= 15 is 0 Å². The quantitative estimate of drug-likeness (QED) is 0.819. The van der Waals surface area contributed by atoms with Crippen molar-refractivity contribution in [2.24, 2.45) is 5.73 Å². The van der Waals surface area contributed by atoms with E-state index in [1.807, 2.05) is 6.07 Å². The highest BCUT2D eigenvalue weighted by molar-refractivity contribution is 7.16. The van der Waals surface area contributed by atoms with E-state index in [0.29, 0.717) is 6.04 Å². The summed E-state index contributed by atoms with van der Waals surface area (Å²) in [5.74, 6) is 0. The second kappa shape index (κ2) is 3.96. The molecule has 13 heavy (non-hydrogen) atoms. The molecule has 2 rings (SSSR count). The molecule has 72 valence electrons. The standard InChI is InChI=1S/C9H13ClN2S/c10-9-2-1-8(13-9)6-12-4-3-7(11)5-12/h1-2,7H,3-6,11H2/t7-/m0/s1. The Balaban J connectivity index is 1.91. The predicted molar refractivity (Wildman–Crippen MR) is 57.2 cm³/mol. The lowest BCUT2D eigenvalue weighted by Gasteiger charge is -2.12. The third-order valence-corrected chi connectivity index (χ3v) is 3.53. The minimum atomic E-state index is 0.371. The zero-order chi connectivity index (χ0) is 9.26. The molecule has 1 aromatic heterocycles. The maximum atomic E-state index is 5.85. The van der Waals surface area contributed by atoms with Crippen LogP contribution in [0.15, 0.2) is 12.1 Å². The van der Waals surface area contributed by atoms with Crippen molar-refractivity contribution in [1.82, 2.24) is 4.90 Å². The molecule has 0 aliphatic carbocycles. The van der Waals surface area contributed by atoms with Gasteiger partial charge in [-0.15, -0.1) is 11.3 Å². The highest BCUT2D eigenvalue weighted by Gasteiger charge is 2.19. The van der Waals surface area contributed by atoms with Crippen LogP contribution < -0.4 is 5.73 Å². The van der Waals surface area contributed by atoms with Crippen molar-refractivity contribution in [3.8, 4) is 0 Å². The van der Waals surface area contributed by atoms with Crippen LogP contribution in [0.4, 0.5) is 0 Å². The molecule has 0 unspecified atom stereocenters. The summed E-state index contributed by atoms with van der Waals surface area (Å²) >= 11 is 7.51. The zero-order valence-electron chi connectivity index (χ0n) is 7.37. The molecule has 1 aliphatic rings. The van der Waals surface area contributed by atoms with Gasteiger partial charge in [-0.05, 0) is 18.6 Å². The van der Waals surface area contributed by atoms with Crippen LogP contribution in [0.2, 0.25) is 4.34 Å². The average Bonchev–Trinajstić information content (AvgIpc) is 2.62. The summed E-state index contributed by atoms with van der Waals surface area (Å²) in [6, 6.07) is 4.42. The Labute approximate surface area is 87.3 Å². The number of thiophene rings is 1. The van der Waals surface area contributed by atoms with Crippen molar-refractivity contribution < 1.29 is 0 Å². The SMILES string of the molecule is N[C@H]1CCN(Cc2ccc(Cl)s2)C1. The van der Waals surface area contributed by atoms with E-state index in [-0.39, 0.29) is 0 Å². The van der Waals surface area contributed by atoms with Gasteiger partial charge in [-0.2, -0.15) is 0 Å². The first-order valence-electron chi connectivity index (χ1n) is 4.46. The van der Waals surface area contributed by atoms with Gasteiger partial charge in [-0.3, -0.25) is 4.90 Å². The molecule has 1 saturated heterocycles. The average molecular weight is 217 g/mol. The van der Waals surface area contributed by atoms with E-state index in [1.54, 1.807) is 11.3 Å². The monoisotopic (exact) mass is 216 g/mol. The van der Waals surface area contributed by atoms with E-state index in [2.05, 4.69) is 11.0 Å². The second-order valence-electron chi connectivity index (χ2n) is 3.49. The molecule has 0 bridgehead atoms. The lowest BCUT2D eigenvalue weighted by Crippen LogP contribution is -2.25. The molecular weight excluding hydrogens is 204 g/mol. The van der Waals surface area contributed by atoms with Crippen LogP contribution in [0, 0.1) is 0 Å². The van der Waals surface area contributed by atoms with Gasteiger partial charge in [-0.25, -0.2) is 0 Å². The van der Waals surface area contributed by atoms with Gasteiger partial charge in [0.1, 0.15) is 0 Å². The molecule has 2 nitrogen and oxygen atoms in total. The van der Waals surface area contributed by atoms with E-state index in [1.165, 1.54) is 4.88 Å². The lowest BCUT2D eigenvalue weighted by atomic mass is 10.3.